The van der Waals surface area contributed by atoms with Gasteiger partial charge in [0.15, 0.2) is 0 Å². The number of esters is 1. The molecule has 0 atom stereocenters. The number of rotatable bonds is 2. The van der Waals surface area contributed by atoms with Crippen LogP contribution in [0.5, 0.6) is 5.75 Å². The van der Waals surface area contributed by atoms with Crippen molar-refractivity contribution in [2.45, 2.75) is 12.4 Å². The summed E-state index contributed by atoms with van der Waals surface area (Å²) in [7, 11) is 0. The van der Waals surface area contributed by atoms with E-state index < -0.39 is 35.2 Å². The maximum absolute atomic E-state index is 12.9. The number of hydrogen-bond acceptors (Lipinski definition) is 6. The first-order valence-electron chi connectivity index (χ1n) is 7.69. The summed E-state index contributed by atoms with van der Waals surface area (Å²) in [5.74, 6) is -2.30. The number of anilines is 2. The van der Waals surface area contributed by atoms with Gasteiger partial charge in [0.05, 0.1) is 22.2 Å². The van der Waals surface area contributed by atoms with E-state index in [1.807, 2.05) is 0 Å². The Labute approximate surface area is 158 Å². The molecular weight excluding hydrogens is 406 g/mol. The maximum Gasteiger partial charge on any atom is 0.416 e. The molecule has 0 fully saturated rings. The van der Waals surface area contributed by atoms with Gasteiger partial charge in [0, 0.05) is 5.39 Å². The number of halogens is 6. The lowest BCUT2D eigenvalue weighted by atomic mass is 10.1. The maximum atomic E-state index is 12.9. The Morgan fingerprint density at radius 1 is 0.862 bits per heavy atom. The Balaban J connectivity index is 1.99. The minimum atomic E-state index is -5.07. The smallest absolute Gasteiger partial charge is 0.416 e. The van der Waals surface area contributed by atoms with E-state index in [2.05, 4.69) is 9.97 Å². The third-order valence-corrected chi connectivity index (χ3v) is 3.75. The molecule has 6 nitrogen and oxygen atoms in total. The fraction of sp³-hybridized carbons (Fsp3) is 0.118. The van der Waals surface area contributed by atoms with Crippen LogP contribution in [0.15, 0.2) is 36.4 Å². The molecule has 0 saturated carbocycles. The first-order valence-corrected chi connectivity index (χ1v) is 7.69. The van der Waals surface area contributed by atoms with Crippen molar-refractivity contribution in [2.75, 3.05) is 11.5 Å². The van der Waals surface area contributed by atoms with Crippen molar-refractivity contribution < 1.29 is 35.9 Å². The molecule has 3 rings (SSSR count). The Bertz CT molecular complexity index is 1080. The van der Waals surface area contributed by atoms with Gasteiger partial charge in [0.25, 0.3) is 0 Å². The van der Waals surface area contributed by atoms with Crippen molar-refractivity contribution >= 4 is 28.6 Å². The zero-order valence-electron chi connectivity index (χ0n) is 14.1. The predicted octanol–water partition coefficient (Wildman–Crippen LogP) is 4.05. The summed E-state index contributed by atoms with van der Waals surface area (Å²) in [6.07, 6.45) is -10.1. The highest BCUT2D eigenvalue weighted by Crippen LogP contribution is 2.38. The number of carbonyl (C=O) groups is 1. The van der Waals surface area contributed by atoms with Gasteiger partial charge >= 0.3 is 18.3 Å². The second-order valence-electron chi connectivity index (χ2n) is 5.83. The molecule has 2 aromatic carbocycles. The van der Waals surface area contributed by atoms with Crippen LogP contribution in [0.2, 0.25) is 0 Å². The summed E-state index contributed by atoms with van der Waals surface area (Å²) < 4.78 is 82.2. The van der Waals surface area contributed by atoms with Crippen LogP contribution in [0, 0.1) is 0 Å². The first kappa shape index (κ1) is 20.2. The van der Waals surface area contributed by atoms with Gasteiger partial charge in [-0.1, -0.05) is 0 Å². The van der Waals surface area contributed by atoms with Gasteiger partial charge in [-0.3, -0.25) is 0 Å². The number of benzene rings is 2. The van der Waals surface area contributed by atoms with Crippen molar-refractivity contribution in [3.05, 3.63) is 53.1 Å². The summed E-state index contributed by atoms with van der Waals surface area (Å²) in [5, 5.41) is 0.202. The SMILES string of the molecule is Nc1nc(N)c2cc(C(=O)Oc3cc(C(F)(F)F)cc(C(F)(F)F)c3)ccc2n1. The lowest BCUT2D eigenvalue weighted by Gasteiger charge is -2.14. The van der Waals surface area contributed by atoms with Crippen molar-refractivity contribution in [1.82, 2.24) is 9.97 Å². The van der Waals surface area contributed by atoms with Crippen LogP contribution in [0.4, 0.5) is 38.1 Å². The van der Waals surface area contributed by atoms with E-state index in [9.17, 15) is 31.1 Å². The molecule has 0 aliphatic carbocycles. The van der Waals surface area contributed by atoms with Crippen molar-refractivity contribution in [2.24, 2.45) is 0 Å². The first-order chi connectivity index (χ1) is 13.3. The van der Waals surface area contributed by atoms with E-state index >= 15 is 0 Å². The van der Waals surface area contributed by atoms with Crippen LogP contribution in [-0.4, -0.2) is 15.9 Å². The van der Waals surface area contributed by atoms with Gasteiger partial charge in [-0.05, 0) is 36.4 Å². The van der Waals surface area contributed by atoms with Crippen molar-refractivity contribution in [1.29, 1.82) is 0 Å². The quantitative estimate of drug-likeness (QED) is 0.371. The lowest BCUT2D eigenvalue weighted by molar-refractivity contribution is -0.143. The molecule has 12 heteroatoms. The standard InChI is InChI=1S/C17H10F6N4O2/c18-16(19,20)8-4-9(17(21,22)23)6-10(5-8)29-14(28)7-1-2-12-11(3-7)13(24)27-15(25)26-12/h1-6H,(H4,24,25,26,27). The largest absolute Gasteiger partial charge is 0.423 e. The van der Waals surface area contributed by atoms with Gasteiger partial charge in [-0.2, -0.15) is 31.3 Å². The van der Waals surface area contributed by atoms with Gasteiger partial charge in [0.1, 0.15) is 11.6 Å². The molecule has 1 aromatic heterocycles. The molecule has 0 saturated heterocycles. The molecule has 3 aromatic rings. The van der Waals surface area contributed by atoms with E-state index in [1.54, 1.807) is 0 Å². The highest BCUT2D eigenvalue weighted by atomic mass is 19.4. The average molecular weight is 416 g/mol. The van der Waals surface area contributed by atoms with Crippen LogP contribution >= 0.6 is 0 Å². The summed E-state index contributed by atoms with van der Waals surface area (Å²) >= 11 is 0. The normalized spacial score (nSPS) is 12.2. The summed E-state index contributed by atoms with van der Waals surface area (Å²) in [4.78, 5) is 19.9. The van der Waals surface area contributed by atoms with Gasteiger partial charge < -0.3 is 16.2 Å². The van der Waals surface area contributed by atoms with Gasteiger partial charge in [0.2, 0.25) is 5.95 Å². The Kier molecular flexibility index (Phi) is 4.73. The van der Waals surface area contributed by atoms with Crippen LogP contribution in [0.1, 0.15) is 21.5 Å². The molecule has 0 amide bonds. The van der Waals surface area contributed by atoms with Crippen LogP contribution in [0.3, 0.4) is 0 Å². The number of hydrogen-bond donors (Lipinski definition) is 2. The summed E-state index contributed by atoms with van der Waals surface area (Å²) in [5.41, 5.74) is 8.00. The molecule has 0 bridgehead atoms. The third-order valence-electron chi connectivity index (χ3n) is 3.75. The minimum absolute atomic E-state index is 0.0689. The second kappa shape index (κ2) is 6.79. The zero-order valence-corrected chi connectivity index (χ0v) is 14.1. The molecule has 4 N–H and O–H groups in total. The number of carbonyl (C=O) groups excluding carboxylic acids is 1. The molecule has 1 heterocycles. The van der Waals surface area contributed by atoms with E-state index in [0.717, 1.165) is 0 Å². The second-order valence-corrected chi connectivity index (χ2v) is 5.83. The fourth-order valence-corrected chi connectivity index (χ4v) is 2.45. The molecule has 0 radical (unpaired) electrons. The predicted molar refractivity (Wildman–Crippen MR) is 89.8 cm³/mol. The Morgan fingerprint density at radius 3 is 2.00 bits per heavy atom. The lowest BCUT2D eigenvalue weighted by Crippen LogP contribution is -2.14. The van der Waals surface area contributed by atoms with Crippen LogP contribution in [-0.2, 0) is 12.4 Å². The number of fused-ring (bicyclic) bond motifs is 1. The molecule has 0 spiro atoms. The van der Waals surface area contributed by atoms with E-state index in [1.165, 1.54) is 18.2 Å². The Morgan fingerprint density at radius 2 is 1.45 bits per heavy atom. The van der Waals surface area contributed by atoms with Crippen LogP contribution < -0.4 is 16.2 Å². The van der Waals surface area contributed by atoms with E-state index in [-0.39, 0.29) is 34.3 Å². The van der Waals surface area contributed by atoms with Crippen molar-refractivity contribution in [3.63, 3.8) is 0 Å². The summed E-state index contributed by atoms with van der Waals surface area (Å²) in [6, 6.07) is 4.24. The molecule has 152 valence electrons. The number of ether oxygens (including phenoxy) is 1. The molecular formula is C17H10F6N4O2. The van der Waals surface area contributed by atoms with Gasteiger partial charge in [-0.15, -0.1) is 0 Å². The molecule has 0 aliphatic heterocycles. The van der Waals surface area contributed by atoms with E-state index in [0.29, 0.717) is 12.1 Å². The number of nitrogens with zero attached hydrogens (tertiary/aromatic N) is 2. The number of aromatic nitrogens is 2. The highest BCUT2D eigenvalue weighted by Gasteiger charge is 2.37. The van der Waals surface area contributed by atoms with Gasteiger partial charge in [-0.25, -0.2) is 9.78 Å². The Hall–Kier alpha value is -3.57. The topological polar surface area (TPSA) is 104 Å². The third kappa shape index (κ3) is 4.31. The fourth-order valence-electron chi connectivity index (χ4n) is 2.45. The number of nitrogens with two attached hydrogens (primary N) is 2. The van der Waals surface area contributed by atoms with Crippen LogP contribution in [0.25, 0.3) is 10.9 Å². The van der Waals surface area contributed by atoms with Crippen molar-refractivity contribution in [3.8, 4) is 5.75 Å². The molecule has 0 unspecified atom stereocenters. The zero-order chi connectivity index (χ0) is 21.6. The minimum Gasteiger partial charge on any atom is -0.423 e. The number of nitrogen functional groups attached to an aromatic ring is 2. The number of alkyl halides is 6. The molecule has 29 heavy (non-hydrogen) atoms. The van der Waals surface area contributed by atoms with E-state index in [4.69, 9.17) is 16.2 Å². The average Bonchev–Trinajstić information content (AvgIpc) is 2.59. The highest BCUT2D eigenvalue weighted by molar-refractivity contribution is 5.98. The monoisotopic (exact) mass is 416 g/mol. The molecule has 0 aliphatic rings. The summed E-state index contributed by atoms with van der Waals surface area (Å²) in [6.45, 7) is 0.